The number of anilines is 1. The number of amides is 2. The van der Waals surface area contributed by atoms with Gasteiger partial charge in [0.25, 0.3) is 5.91 Å². The summed E-state index contributed by atoms with van der Waals surface area (Å²) in [7, 11) is 1.23. The van der Waals surface area contributed by atoms with Crippen molar-refractivity contribution in [1.82, 2.24) is 5.32 Å². The Morgan fingerprint density at radius 3 is 2.48 bits per heavy atom. The number of fused-ring (bicyclic) bond motifs is 2. The molecule has 0 bridgehead atoms. The van der Waals surface area contributed by atoms with Gasteiger partial charge >= 0.3 is 11.9 Å². The molecule has 2 N–H and O–H groups in total. The zero-order valence-corrected chi connectivity index (χ0v) is 18.6. The number of hydrogen-bond acceptors (Lipinski definition) is 7. The molecule has 0 saturated carbocycles. The van der Waals surface area contributed by atoms with Crippen molar-refractivity contribution in [3.63, 3.8) is 0 Å². The molecule has 0 atom stereocenters. The Morgan fingerprint density at radius 1 is 1.12 bits per heavy atom. The number of benzene rings is 2. The molecule has 0 radical (unpaired) electrons. The van der Waals surface area contributed by atoms with Gasteiger partial charge in [-0.05, 0) is 51.1 Å². The van der Waals surface area contributed by atoms with E-state index in [-0.39, 0.29) is 40.6 Å². The molecule has 10 nitrogen and oxygen atoms in total. The predicted molar refractivity (Wildman–Crippen MR) is 117 cm³/mol. The fourth-order valence-electron chi connectivity index (χ4n) is 3.25. The molecular formula is C23H24N2O8. The van der Waals surface area contributed by atoms with Crippen molar-refractivity contribution in [2.45, 2.75) is 26.3 Å². The van der Waals surface area contributed by atoms with Crippen LogP contribution < -0.4 is 19.7 Å². The number of ether oxygens (including phenoxy) is 3. The van der Waals surface area contributed by atoms with Crippen LogP contribution in [-0.2, 0) is 14.3 Å². The van der Waals surface area contributed by atoms with Gasteiger partial charge in [0.2, 0.25) is 5.91 Å². The van der Waals surface area contributed by atoms with E-state index >= 15 is 0 Å². The number of carbonyl (C=O) groups is 4. The summed E-state index contributed by atoms with van der Waals surface area (Å²) in [5.74, 6) is -2.63. The zero-order valence-electron chi connectivity index (χ0n) is 18.6. The Balaban J connectivity index is 2.12. The van der Waals surface area contributed by atoms with Gasteiger partial charge in [0.1, 0.15) is 23.6 Å². The van der Waals surface area contributed by atoms with Crippen LogP contribution in [0.1, 0.15) is 41.5 Å². The topological polar surface area (TPSA) is 131 Å². The molecule has 3 rings (SSSR count). The molecule has 1 heterocycles. The molecule has 33 heavy (non-hydrogen) atoms. The molecule has 174 valence electrons. The van der Waals surface area contributed by atoms with Crippen molar-refractivity contribution in [2.24, 2.45) is 0 Å². The molecule has 10 heteroatoms. The fourth-order valence-corrected chi connectivity index (χ4v) is 3.25. The van der Waals surface area contributed by atoms with Gasteiger partial charge in [0.15, 0.2) is 12.4 Å². The van der Waals surface area contributed by atoms with E-state index in [2.05, 4.69) is 5.32 Å². The lowest BCUT2D eigenvalue weighted by molar-refractivity contribution is -0.139. The van der Waals surface area contributed by atoms with Gasteiger partial charge in [0.05, 0.1) is 18.4 Å². The Morgan fingerprint density at radius 2 is 1.85 bits per heavy atom. The lowest BCUT2D eigenvalue weighted by atomic mass is 10.1. The first-order valence-corrected chi connectivity index (χ1v) is 10.0. The first-order valence-electron chi connectivity index (χ1n) is 10.0. The minimum atomic E-state index is -1.22. The Kier molecular flexibility index (Phi) is 6.57. The van der Waals surface area contributed by atoms with Crippen LogP contribution in [0.4, 0.5) is 5.69 Å². The van der Waals surface area contributed by atoms with E-state index in [1.54, 1.807) is 26.8 Å². The maximum absolute atomic E-state index is 13.6. The van der Waals surface area contributed by atoms with Gasteiger partial charge in [0, 0.05) is 5.54 Å². The van der Waals surface area contributed by atoms with Gasteiger partial charge in [-0.1, -0.05) is 6.07 Å². The first-order chi connectivity index (χ1) is 15.5. The van der Waals surface area contributed by atoms with E-state index in [0.717, 1.165) is 4.90 Å². The van der Waals surface area contributed by atoms with Crippen LogP contribution in [0.2, 0.25) is 0 Å². The van der Waals surface area contributed by atoms with E-state index in [0.29, 0.717) is 0 Å². The van der Waals surface area contributed by atoms with Crippen LogP contribution in [0.5, 0.6) is 17.2 Å². The molecule has 1 aliphatic heterocycles. The molecule has 2 aromatic rings. The third kappa shape index (κ3) is 5.40. The van der Waals surface area contributed by atoms with E-state index < -0.39 is 35.9 Å². The highest BCUT2D eigenvalue weighted by molar-refractivity contribution is 6.14. The minimum Gasteiger partial charge on any atom is -0.481 e. The third-order valence-corrected chi connectivity index (χ3v) is 4.51. The summed E-state index contributed by atoms with van der Waals surface area (Å²) in [4.78, 5) is 50.6. The van der Waals surface area contributed by atoms with Crippen molar-refractivity contribution in [3.8, 4) is 17.2 Å². The number of rotatable bonds is 6. The summed E-state index contributed by atoms with van der Waals surface area (Å²) in [6.07, 6.45) is 0. The Hall–Kier alpha value is -4.08. The number of carboxylic acids is 1. The van der Waals surface area contributed by atoms with Crippen LogP contribution >= 0.6 is 0 Å². The molecule has 0 aliphatic carbocycles. The van der Waals surface area contributed by atoms with Crippen molar-refractivity contribution in [3.05, 3.63) is 47.5 Å². The summed E-state index contributed by atoms with van der Waals surface area (Å²) < 4.78 is 16.0. The third-order valence-electron chi connectivity index (χ3n) is 4.51. The fraction of sp³-hybridized carbons (Fsp3) is 0.304. The number of carbonyl (C=O) groups excluding carboxylic acids is 3. The van der Waals surface area contributed by atoms with Gasteiger partial charge in [-0.15, -0.1) is 0 Å². The second-order valence-corrected chi connectivity index (χ2v) is 8.28. The van der Waals surface area contributed by atoms with Gasteiger partial charge < -0.3 is 24.6 Å². The van der Waals surface area contributed by atoms with E-state index in [1.165, 1.54) is 37.4 Å². The van der Waals surface area contributed by atoms with Gasteiger partial charge in [-0.2, -0.15) is 0 Å². The van der Waals surface area contributed by atoms with E-state index in [9.17, 15) is 19.2 Å². The van der Waals surface area contributed by atoms with Crippen molar-refractivity contribution in [1.29, 1.82) is 0 Å². The predicted octanol–water partition coefficient (Wildman–Crippen LogP) is 2.60. The zero-order chi connectivity index (χ0) is 24.3. The Bertz CT molecular complexity index is 1120. The molecule has 2 aromatic carbocycles. The number of carboxylic acid groups (broad SMARTS) is 1. The highest BCUT2D eigenvalue weighted by Crippen LogP contribution is 2.42. The summed E-state index contributed by atoms with van der Waals surface area (Å²) in [5.41, 5.74) is -0.264. The molecule has 2 amide bonds. The molecule has 1 aliphatic rings. The average molecular weight is 456 g/mol. The quantitative estimate of drug-likeness (QED) is 0.634. The number of esters is 1. The number of nitrogens with one attached hydrogen (secondary N) is 1. The van der Waals surface area contributed by atoms with Crippen LogP contribution in [0.15, 0.2) is 36.4 Å². The standard InChI is InChI=1S/C23H24N2O8/c1-23(2,3)24-18(26)11-25-14-10-13(22(30)31-4)8-9-15(14)33-17-7-5-6-16(20(17)21(25)29)32-12-19(27)28/h5-10H,11-12H2,1-4H3,(H,24,26)(H,27,28). The molecule has 0 aromatic heterocycles. The van der Waals surface area contributed by atoms with E-state index in [1.807, 2.05) is 0 Å². The van der Waals surface area contributed by atoms with Gasteiger partial charge in [-0.25, -0.2) is 9.59 Å². The molecule has 0 fully saturated rings. The van der Waals surface area contributed by atoms with Crippen molar-refractivity contribution in [2.75, 3.05) is 25.2 Å². The van der Waals surface area contributed by atoms with Crippen LogP contribution in [0.25, 0.3) is 0 Å². The SMILES string of the molecule is COC(=O)c1ccc2c(c1)N(CC(=O)NC(C)(C)C)C(=O)c1c(OCC(=O)O)cccc1O2. The van der Waals surface area contributed by atoms with Crippen LogP contribution in [0.3, 0.4) is 0 Å². The minimum absolute atomic E-state index is 0.0119. The lowest BCUT2D eigenvalue weighted by Gasteiger charge is -2.26. The number of hydrogen-bond donors (Lipinski definition) is 2. The number of aliphatic carboxylic acids is 1. The highest BCUT2D eigenvalue weighted by Gasteiger charge is 2.33. The molecule has 0 unspecified atom stereocenters. The average Bonchev–Trinajstić information content (AvgIpc) is 2.85. The Labute approximate surface area is 190 Å². The monoisotopic (exact) mass is 456 g/mol. The van der Waals surface area contributed by atoms with Crippen LogP contribution in [-0.4, -0.2) is 54.7 Å². The molecule has 0 spiro atoms. The van der Waals surface area contributed by atoms with Crippen LogP contribution in [0, 0.1) is 0 Å². The largest absolute Gasteiger partial charge is 0.481 e. The first kappa shape index (κ1) is 23.6. The molecular weight excluding hydrogens is 432 g/mol. The number of methoxy groups -OCH3 is 1. The summed E-state index contributed by atoms with van der Waals surface area (Å²) in [5, 5.41) is 11.8. The summed E-state index contributed by atoms with van der Waals surface area (Å²) >= 11 is 0. The maximum atomic E-state index is 13.6. The van der Waals surface area contributed by atoms with Crippen molar-refractivity contribution >= 4 is 29.4 Å². The number of nitrogens with zero attached hydrogens (tertiary/aromatic N) is 1. The van der Waals surface area contributed by atoms with Crippen molar-refractivity contribution < 1.29 is 38.5 Å². The lowest BCUT2D eigenvalue weighted by Crippen LogP contribution is -2.47. The summed E-state index contributed by atoms with van der Waals surface area (Å²) in [6, 6.07) is 8.87. The van der Waals surface area contributed by atoms with E-state index in [4.69, 9.17) is 19.3 Å². The second-order valence-electron chi connectivity index (χ2n) is 8.28. The van der Waals surface area contributed by atoms with Gasteiger partial charge in [-0.3, -0.25) is 14.5 Å². The second kappa shape index (κ2) is 9.19. The highest BCUT2D eigenvalue weighted by atomic mass is 16.5. The maximum Gasteiger partial charge on any atom is 0.341 e. The normalized spacial score (nSPS) is 12.6. The smallest absolute Gasteiger partial charge is 0.341 e. The summed E-state index contributed by atoms with van der Waals surface area (Å²) in [6.45, 7) is 4.34. The molecule has 0 saturated heterocycles.